The molecule has 0 saturated heterocycles. The maximum absolute atomic E-state index is 13.8. The second-order valence-electron chi connectivity index (χ2n) is 7.92. The van der Waals surface area contributed by atoms with Crippen LogP contribution in [0.4, 0.5) is 10.1 Å². The molecule has 2 aliphatic rings. The van der Waals surface area contributed by atoms with Crippen LogP contribution in [0.15, 0.2) is 36.4 Å². The largest absolute Gasteiger partial charge is 0.487 e. The molecule has 0 aromatic heterocycles. The van der Waals surface area contributed by atoms with Crippen molar-refractivity contribution >= 4 is 40.7 Å². The summed E-state index contributed by atoms with van der Waals surface area (Å²) in [7, 11) is 0. The Hall–Kier alpha value is -2.84. The summed E-state index contributed by atoms with van der Waals surface area (Å²) in [6.07, 6.45) is 3.48. The summed E-state index contributed by atoms with van der Waals surface area (Å²) in [5.74, 6) is 0.461. The van der Waals surface area contributed by atoms with Crippen molar-refractivity contribution in [3.8, 4) is 0 Å². The zero-order valence-electron chi connectivity index (χ0n) is 18.7. The predicted molar refractivity (Wildman–Crippen MR) is 128 cm³/mol. The number of fused-ring (bicyclic) bond motifs is 2. The molecule has 2 aliphatic heterocycles. The van der Waals surface area contributed by atoms with Crippen molar-refractivity contribution in [2.45, 2.75) is 32.4 Å². The Morgan fingerprint density at radius 3 is 2.91 bits per heavy atom. The van der Waals surface area contributed by atoms with E-state index < -0.39 is 5.82 Å². The summed E-state index contributed by atoms with van der Waals surface area (Å²) in [6, 6.07) is 9.93. The first-order valence-corrected chi connectivity index (χ1v) is 12.4. The van der Waals surface area contributed by atoms with Crippen molar-refractivity contribution in [1.82, 2.24) is 5.32 Å². The Kier molecular flexibility index (Phi) is 7.35. The first-order valence-electron chi connectivity index (χ1n) is 11.0. The van der Waals surface area contributed by atoms with Crippen molar-refractivity contribution in [2.75, 3.05) is 30.5 Å². The summed E-state index contributed by atoms with van der Waals surface area (Å²) >= 11 is 1.70. The summed E-state index contributed by atoms with van der Waals surface area (Å²) in [4.78, 5) is 24.7. The number of anilines is 1. The molecule has 0 saturated carbocycles. The quantitative estimate of drug-likeness (QED) is 0.426. The van der Waals surface area contributed by atoms with Crippen LogP contribution in [0.3, 0.4) is 0 Å². The molecule has 2 N–H and O–H groups in total. The lowest BCUT2D eigenvalue weighted by Crippen LogP contribution is -2.39. The van der Waals surface area contributed by atoms with E-state index in [9.17, 15) is 14.0 Å². The van der Waals surface area contributed by atoms with Crippen LogP contribution in [-0.2, 0) is 32.1 Å². The van der Waals surface area contributed by atoms with E-state index in [0.29, 0.717) is 42.3 Å². The van der Waals surface area contributed by atoms with E-state index in [1.54, 1.807) is 17.8 Å². The minimum atomic E-state index is -0.400. The van der Waals surface area contributed by atoms with Crippen LogP contribution in [-0.4, -0.2) is 43.1 Å². The van der Waals surface area contributed by atoms with Gasteiger partial charge < -0.3 is 20.1 Å². The lowest BCUT2D eigenvalue weighted by atomic mass is 9.98. The van der Waals surface area contributed by atoms with Gasteiger partial charge >= 0.3 is 5.97 Å². The molecule has 8 heteroatoms. The zero-order chi connectivity index (χ0) is 23.4. The van der Waals surface area contributed by atoms with Gasteiger partial charge in [0.05, 0.1) is 12.2 Å². The lowest BCUT2D eigenvalue weighted by molar-refractivity contribution is -0.145. The Bertz CT molecular complexity index is 1100. The second-order valence-corrected chi connectivity index (χ2v) is 8.90. The normalized spacial score (nSPS) is 17.2. The zero-order valence-corrected chi connectivity index (χ0v) is 19.5. The van der Waals surface area contributed by atoms with Gasteiger partial charge in [0, 0.05) is 22.4 Å². The van der Waals surface area contributed by atoms with E-state index in [2.05, 4.69) is 16.7 Å². The third-order valence-corrected chi connectivity index (χ3v) is 6.37. The van der Waals surface area contributed by atoms with Crippen LogP contribution in [0.2, 0.25) is 0 Å². The molecule has 2 aromatic rings. The average Bonchev–Trinajstić information content (AvgIpc) is 3.35. The van der Waals surface area contributed by atoms with Crippen LogP contribution in [0.1, 0.15) is 35.6 Å². The number of carbonyl (C=O) groups excluding carboxylic acids is 2. The van der Waals surface area contributed by atoms with Crippen LogP contribution in [0.25, 0.3) is 11.3 Å². The van der Waals surface area contributed by atoms with Gasteiger partial charge in [-0.3, -0.25) is 9.59 Å². The molecule has 6 nitrogen and oxygen atoms in total. The number of carbonyl (C=O) groups is 2. The highest BCUT2D eigenvalue weighted by Crippen LogP contribution is 2.41. The maximum Gasteiger partial charge on any atom is 0.323 e. The molecule has 2 heterocycles. The molecule has 0 unspecified atom stereocenters. The van der Waals surface area contributed by atoms with Crippen molar-refractivity contribution < 1.29 is 23.5 Å². The fraction of sp³-hybridized carbons (Fsp3) is 0.360. The van der Waals surface area contributed by atoms with Crippen LogP contribution in [0, 0.1) is 5.82 Å². The highest BCUT2D eigenvalue weighted by Gasteiger charge is 2.32. The van der Waals surface area contributed by atoms with Gasteiger partial charge in [0.25, 0.3) is 5.91 Å². The molecule has 1 atom stereocenters. The van der Waals surface area contributed by atoms with Gasteiger partial charge in [0.1, 0.15) is 24.2 Å². The fourth-order valence-corrected chi connectivity index (χ4v) is 4.59. The van der Waals surface area contributed by atoms with Crippen LogP contribution in [0.5, 0.6) is 0 Å². The van der Waals surface area contributed by atoms with Gasteiger partial charge in [0.2, 0.25) is 0 Å². The molecule has 2 aromatic carbocycles. The van der Waals surface area contributed by atoms with Crippen LogP contribution < -0.4 is 10.6 Å². The molecule has 4 rings (SSSR count). The number of halogens is 1. The van der Waals surface area contributed by atoms with Gasteiger partial charge in [0.15, 0.2) is 0 Å². The molecule has 0 aliphatic carbocycles. The summed E-state index contributed by atoms with van der Waals surface area (Å²) < 4.78 is 24.9. The highest BCUT2D eigenvalue weighted by molar-refractivity contribution is 7.98. The number of rotatable bonds is 9. The standard InChI is InChI=1S/C25H27FN2O4S/c1-3-31-25(30)21(9-11-33-2)27-10-8-15-4-6-18-16(12-15)14-32-23(18)22-19-13-17(26)5-7-20(19)28-24(22)29/h4-7,12-13,21,27H,3,8-11,14H2,1-2H3,(H,28,29)/b23-22+/t21-/m0/s1. The number of ether oxygens (including phenoxy) is 2. The Labute approximate surface area is 196 Å². The first kappa shape index (κ1) is 23.3. The number of esters is 1. The van der Waals surface area contributed by atoms with E-state index in [-0.39, 0.29) is 17.9 Å². The van der Waals surface area contributed by atoms with Gasteiger partial charge in [-0.05, 0) is 62.1 Å². The molecular formula is C25H27FN2O4S. The molecule has 0 fully saturated rings. The topological polar surface area (TPSA) is 76.7 Å². The number of benzene rings is 2. The smallest absolute Gasteiger partial charge is 0.323 e. The molecule has 33 heavy (non-hydrogen) atoms. The first-order chi connectivity index (χ1) is 16.0. The van der Waals surface area contributed by atoms with Crippen molar-refractivity contribution in [1.29, 1.82) is 0 Å². The highest BCUT2D eigenvalue weighted by atomic mass is 32.2. The molecule has 0 spiro atoms. The number of nitrogens with one attached hydrogen (secondary N) is 2. The lowest BCUT2D eigenvalue weighted by Gasteiger charge is -2.17. The number of amides is 1. The summed E-state index contributed by atoms with van der Waals surface area (Å²) in [6.45, 7) is 3.17. The summed E-state index contributed by atoms with van der Waals surface area (Å²) in [5.41, 5.74) is 4.40. The third kappa shape index (κ3) is 5.07. The Morgan fingerprint density at radius 2 is 2.12 bits per heavy atom. The molecule has 1 amide bonds. The second kappa shape index (κ2) is 10.4. The molecule has 0 bridgehead atoms. The van der Waals surface area contributed by atoms with Crippen LogP contribution >= 0.6 is 11.8 Å². The van der Waals surface area contributed by atoms with E-state index in [4.69, 9.17) is 9.47 Å². The van der Waals surface area contributed by atoms with Crippen molar-refractivity contribution in [3.05, 3.63) is 64.5 Å². The van der Waals surface area contributed by atoms with Gasteiger partial charge in [-0.15, -0.1) is 0 Å². The number of thioether (sulfide) groups is 1. The number of hydrogen-bond acceptors (Lipinski definition) is 6. The van der Waals surface area contributed by atoms with E-state index in [1.165, 1.54) is 12.1 Å². The Balaban J connectivity index is 1.47. The fourth-order valence-electron chi connectivity index (χ4n) is 4.12. The van der Waals surface area contributed by atoms with E-state index in [1.807, 2.05) is 25.3 Å². The van der Waals surface area contributed by atoms with Gasteiger partial charge in [-0.25, -0.2) is 4.39 Å². The summed E-state index contributed by atoms with van der Waals surface area (Å²) in [5, 5.41) is 6.09. The van der Waals surface area contributed by atoms with E-state index in [0.717, 1.165) is 35.3 Å². The predicted octanol–water partition coefficient (Wildman–Crippen LogP) is 3.99. The maximum atomic E-state index is 13.8. The SMILES string of the molecule is CCOC(=O)[C@H](CCSC)NCCc1ccc2c(c1)CO/C2=C1/C(=O)Nc2ccc(F)cc21. The minimum absolute atomic E-state index is 0.211. The van der Waals surface area contributed by atoms with Gasteiger partial charge in [-0.2, -0.15) is 11.8 Å². The van der Waals surface area contributed by atoms with Crippen molar-refractivity contribution in [2.24, 2.45) is 0 Å². The monoisotopic (exact) mass is 470 g/mol. The van der Waals surface area contributed by atoms with Gasteiger partial charge in [-0.1, -0.05) is 18.2 Å². The van der Waals surface area contributed by atoms with E-state index >= 15 is 0 Å². The molecule has 0 radical (unpaired) electrons. The number of hydrogen-bond donors (Lipinski definition) is 2. The molecule has 174 valence electrons. The average molecular weight is 471 g/mol. The third-order valence-electron chi connectivity index (χ3n) is 5.73. The van der Waals surface area contributed by atoms with Crippen molar-refractivity contribution in [3.63, 3.8) is 0 Å². The molecular weight excluding hydrogens is 443 g/mol. The minimum Gasteiger partial charge on any atom is -0.487 e. The Morgan fingerprint density at radius 1 is 1.27 bits per heavy atom.